The Kier molecular flexibility index (Phi) is 4.30. The first-order valence-corrected chi connectivity index (χ1v) is 8.94. The number of quaternary nitrogens is 1. The van der Waals surface area contributed by atoms with Gasteiger partial charge in [-0.15, -0.1) is 0 Å². The summed E-state index contributed by atoms with van der Waals surface area (Å²) in [5.41, 5.74) is 0.798. The summed E-state index contributed by atoms with van der Waals surface area (Å²) in [6.07, 6.45) is 2.19. The Balaban J connectivity index is 1.39. The maximum atomic E-state index is 12.8. The number of carbonyl (C=O) groups excluding carboxylic acids is 1. The Morgan fingerprint density at radius 2 is 1.62 bits per heavy atom. The highest BCUT2D eigenvalue weighted by Crippen LogP contribution is 2.29. The molecule has 130 valence electrons. The van der Waals surface area contributed by atoms with E-state index in [-0.39, 0.29) is 5.78 Å². The smallest absolute Gasteiger partial charge is 0.217 e. The highest BCUT2D eigenvalue weighted by atomic mass is 16.5. The lowest BCUT2D eigenvalue weighted by molar-refractivity contribution is -0.973. The van der Waals surface area contributed by atoms with E-state index in [4.69, 9.17) is 4.74 Å². The summed E-state index contributed by atoms with van der Waals surface area (Å²) < 4.78 is 6.53. The van der Waals surface area contributed by atoms with Gasteiger partial charge < -0.3 is 4.74 Å². The van der Waals surface area contributed by atoms with Crippen LogP contribution in [0.15, 0.2) is 24.3 Å². The number of benzene rings is 1. The Hall–Kier alpha value is -1.47. The van der Waals surface area contributed by atoms with Crippen molar-refractivity contribution >= 4 is 5.78 Å². The number of Topliss-reactive ketones (excluding diaryl/α,β-unsaturated/α-hetero) is 1. The average Bonchev–Trinajstić information content (AvgIpc) is 2.54. The molecule has 4 heterocycles. The molecule has 4 bridgehead atoms. The second kappa shape index (κ2) is 6.44. The summed E-state index contributed by atoms with van der Waals surface area (Å²) >= 11 is 0. The molecule has 24 heavy (non-hydrogen) atoms. The van der Waals surface area contributed by atoms with Crippen molar-refractivity contribution in [3.63, 3.8) is 0 Å². The van der Waals surface area contributed by atoms with Crippen molar-refractivity contribution in [3.05, 3.63) is 29.8 Å². The predicted molar refractivity (Wildman–Crippen MR) is 91.0 cm³/mol. The topological polar surface area (TPSA) is 36.0 Å². The minimum absolute atomic E-state index is 0.237. The number of unbranched alkanes of at least 4 members (excludes halogenated alkanes) is 1. The van der Waals surface area contributed by atoms with Crippen LogP contribution in [-0.2, 0) is 0 Å². The Labute approximate surface area is 143 Å². The van der Waals surface area contributed by atoms with E-state index in [1.807, 2.05) is 24.3 Å². The zero-order chi connectivity index (χ0) is 16.6. The molecule has 0 atom stereocenters. The molecule has 1 aromatic rings. The first-order valence-electron chi connectivity index (χ1n) is 8.94. The normalized spacial score (nSPS) is 33.6. The van der Waals surface area contributed by atoms with Crippen LogP contribution in [0.4, 0.5) is 0 Å². The number of ketones is 1. The lowest BCUT2D eigenvalue weighted by atomic mass is 10.1. The third kappa shape index (κ3) is 3.19. The first kappa shape index (κ1) is 16.0. The van der Waals surface area contributed by atoms with Crippen LogP contribution in [0.1, 0.15) is 30.1 Å². The molecule has 0 saturated carbocycles. The van der Waals surface area contributed by atoms with E-state index in [2.05, 4.69) is 21.6 Å². The van der Waals surface area contributed by atoms with Crippen LogP contribution < -0.4 is 4.74 Å². The molecule has 4 saturated heterocycles. The molecular weight excluding hydrogens is 304 g/mol. The van der Waals surface area contributed by atoms with E-state index in [9.17, 15) is 4.79 Å². The van der Waals surface area contributed by atoms with Crippen molar-refractivity contribution in [3.8, 4) is 5.75 Å². The fourth-order valence-corrected chi connectivity index (χ4v) is 4.28. The zero-order valence-corrected chi connectivity index (χ0v) is 14.5. The lowest BCUT2D eigenvalue weighted by Crippen LogP contribution is -2.79. The molecule has 6 heteroatoms. The number of ether oxygens (including phenoxy) is 1. The summed E-state index contributed by atoms with van der Waals surface area (Å²) in [6.45, 7) is 9.62. The molecule has 4 aliphatic rings. The summed E-state index contributed by atoms with van der Waals surface area (Å²) in [6, 6.07) is 7.67. The molecule has 6 nitrogen and oxygen atoms in total. The molecule has 4 fully saturated rings. The van der Waals surface area contributed by atoms with Gasteiger partial charge in [-0.1, -0.05) is 13.3 Å². The van der Waals surface area contributed by atoms with E-state index < -0.39 is 0 Å². The number of nitrogens with zero attached hydrogens (tertiary/aromatic N) is 4. The van der Waals surface area contributed by atoms with Gasteiger partial charge in [-0.2, -0.15) is 0 Å². The minimum Gasteiger partial charge on any atom is -0.494 e. The largest absolute Gasteiger partial charge is 0.494 e. The van der Waals surface area contributed by atoms with Gasteiger partial charge in [-0.25, -0.2) is 14.7 Å². The maximum absolute atomic E-state index is 12.8. The van der Waals surface area contributed by atoms with E-state index >= 15 is 0 Å². The van der Waals surface area contributed by atoms with Crippen LogP contribution in [0.2, 0.25) is 0 Å². The SMILES string of the molecule is CCCCOc1ccc(C(=O)C[N+]23CN4CN(CN(C4)C2)C3)cc1. The fourth-order valence-electron chi connectivity index (χ4n) is 4.28. The van der Waals surface area contributed by atoms with Gasteiger partial charge in [0.1, 0.15) is 32.3 Å². The highest BCUT2D eigenvalue weighted by Gasteiger charge is 2.49. The van der Waals surface area contributed by atoms with E-state index in [0.717, 1.165) is 75.3 Å². The van der Waals surface area contributed by atoms with Crippen molar-refractivity contribution in [1.82, 2.24) is 14.7 Å². The van der Waals surface area contributed by atoms with Crippen molar-refractivity contribution in [2.24, 2.45) is 0 Å². The number of hydrogen-bond acceptors (Lipinski definition) is 5. The van der Waals surface area contributed by atoms with Crippen molar-refractivity contribution in [2.45, 2.75) is 19.8 Å². The molecule has 5 rings (SSSR count). The molecule has 0 spiro atoms. The van der Waals surface area contributed by atoms with Crippen molar-refractivity contribution < 1.29 is 14.0 Å². The Morgan fingerprint density at radius 1 is 1.04 bits per heavy atom. The Morgan fingerprint density at radius 3 is 2.17 bits per heavy atom. The van der Waals surface area contributed by atoms with Crippen molar-refractivity contribution in [1.29, 1.82) is 0 Å². The molecule has 4 aliphatic heterocycles. The standard InChI is InChI=1S/C18H27N4O2/c1-2-3-8-24-17-6-4-16(5-7-17)18(23)9-22-13-19-10-20(14-22)12-21(11-19)15-22/h4-7H,2-3,8-15H2,1H3/q+1. The average molecular weight is 331 g/mol. The van der Waals surface area contributed by atoms with Crippen LogP contribution in [0.25, 0.3) is 0 Å². The number of carbonyl (C=O) groups is 1. The molecule has 0 N–H and O–H groups in total. The summed E-state index contributed by atoms with van der Waals surface area (Å²) in [5.74, 6) is 1.09. The van der Waals surface area contributed by atoms with E-state index in [1.165, 1.54) is 0 Å². The first-order chi connectivity index (χ1) is 11.7. The van der Waals surface area contributed by atoms with E-state index in [0.29, 0.717) is 6.54 Å². The quantitative estimate of drug-likeness (QED) is 0.430. The predicted octanol–water partition coefficient (Wildman–Crippen LogP) is 1.56. The van der Waals surface area contributed by atoms with Crippen LogP contribution in [-0.4, -0.2) is 78.1 Å². The second-order valence-electron chi connectivity index (χ2n) is 7.51. The van der Waals surface area contributed by atoms with Crippen LogP contribution in [0.3, 0.4) is 0 Å². The maximum Gasteiger partial charge on any atom is 0.217 e. The van der Waals surface area contributed by atoms with Gasteiger partial charge in [-0.3, -0.25) is 9.28 Å². The zero-order valence-electron chi connectivity index (χ0n) is 14.5. The van der Waals surface area contributed by atoms with Crippen LogP contribution >= 0.6 is 0 Å². The summed E-state index contributed by atoms with van der Waals surface area (Å²) in [7, 11) is 0. The van der Waals surface area contributed by atoms with Gasteiger partial charge >= 0.3 is 0 Å². The second-order valence-corrected chi connectivity index (χ2v) is 7.51. The summed E-state index contributed by atoms with van der Waals surface area (Å²) in [5, 5.41) is 0. The fraction of sp³-hybridized carbons (Fsp3) is 0.611. The molecule has 1 aromatic carbocycles. The highest BCUT2D eigenvalue weighted by molar-refractivity contribution is 5.97. The number of hydrogen-bond donors (Lipinski definition) is 0. The van der Waals surface area contributed by atoms with Gasteiger partial charge in [0, 0.05) is 5.56 Å². The summed E-state index contributed by atoms with van der Waals surface area (Å²) in [4.78, 5) is 20.1. The van der Waals surface area contributed by atoms with Gasteiger partial charge in [0.25, 0.3) is 0 Å². The molecule has 0 aromatic heterocycles. The molecular formula is C18H27N4O2+. The van der Waals surface area contributed by atoms with Gasteiger partial charge in [0.15, 0.2) is 0 Å². The Bertz CT molecular complexity index is 566. The minimum atomic E-state index is 0.237. The number of rotatable bonds is 7. The lowest BCUT2D eigenvalue weighted by Gasteiger charge is -2.60. The molecule has 0 unspecified atom stereocenters. The van der Waals surface area contributed by atoms with Crippen LogP contribution in [0, 0.1) is 0 Å². The monoisotopic (exact) mass is 331 g/mol. The van der Waals surface area contributed by atoms with Gasteiger partial charge in [-0.05, 0) is 30.7 Å². The molecule has 0 amide bonds. The van der Waals surface area contributed by atoms with E-state index in [1.54, 1.807) is 0 Å². The molecule has 0 aliphatic carbocycles. The van der Waals surface area contributed by atoms with Gasteiger partial charge in [0.2, 0.25) is 5.78 Å². The third-order valence-electron chi connectivity index (χ3n) is 5.12. The molecule has 0 radical (unpaired) electrons. The van der Waals surface area contributed by atoms with Gasteiger partial charge in [0.05, 0.1) is 26.6 Å². The third-order valence-corrected chi connectivity index (χ3v) is 5.12. The van der Waals surface area contributed by atoms with Crippen LogP contribution in [0.5, 0.6) is 5.75 Å². The van der Waals surface area contributed by atoms with Crippen molar-refractivity contribution in [2.75, 3.05) is 53.2 Å².